The summed E-state index contributed by atoms with van der Waals surface area (Å²) < 4.78 is 27.8. The summed E-state index contributed by atoms with van der Waals surface area (Å²) in [7, 11) is -3.98. The van der Waals surface area contributed by atoms with Crippen LogP contribution in [0.1, 0.15) is 22.3 Å². The summed E-state index contributed by atoms with van der Waals surface area (Å²) in [5.74, 6) is -0.596. The van der Waals surface area contributed by atoms with Crippen molar-refractivity contribution in [2.75, 3.05) is 11.9 Å². The summed E-state index contributed by atoms with van der Waals surface area (Å²) in [6, 6.07) is 17.9. The van der Waals surface area contributed by atoms with E-state index in [0.717, 1.165) is 21.0 Å². The number of rotatable bonds is 8. The molecule has 8 nitrogen and oxygen atoms in total. The van der Waals surface area contributed by atoms with E-state index in [1.165, 1.54) is 30.3 Å². The monoisotopic (exact) mass is 467 g/mol. The summed E-state index contributed by atoms with van der Waals surface area (Å²) in [4.78, 5) is 23.4. The fourth-order valence-electron chi connectivity index (χ4n) is 3.19. The molecule has 0 bridgehead atoms. The van der Waals surface area contributed by atoms with E-state index >= 15 is 0 Å². The number of amides is 1. The normalized spacial score (nSPS) is 11.4. The topological polar surface area (TPSA) is 110 Å². The zero-order chi connectivity index (χ0) is 24.2. The van der Waals surface area contributed by atoms with Crippen molar-refractivity contribution in [1.29, 1.82) is 0 Å². The van der Waals surface area contributed by atoms with Crippen LogP contribution in [-0.4, -0.2) is 30.1 Å². The number of hydrogen-bond acceptors (Lipinski definition) is 5. The summed E-state index contributed by atoms with van der Waals surface area (Å²) >= 11 is 0. The highest BCUT2D eigenvalue weighted by Crippen LogP contribution is 2.23. The number of aryl methyl sites for hydroxylation is 3. The predicted octanol–water partition coefficient (Wildman–Crippen LogP) is 4.35. The van der Waals surface area contributed by atoms with Crippen molar-refractivity contribution in [3.63, 3.8) is 0 Å². The Morgan fingerprint density at radius 1 is 0.939 bits per heavy atom. The van der Waals surface area contributed by atoms with Crippen LogP contribution in [0, 0.1) is 30.9 Å². The number of hydrogen-bond donors (Lipinski definition) is 1. The second-order valence-electron chi connectivity index (χ2n) is 7.88. The zero-order valence-electron chi connectivity index (χ0n) is 18.6. The molecule has 0 heterocycles. The number of sulfonamides is 1. The molecule has 0 unspecified atom stereocenters. The zero-order valence-corrected chi connectivity index (χ0v) is 19.4. The first-order valence-electron chi connectivity index (χ1n) is 10.2. The fourth-order valence-corrected chi connectivity index (χ4v) is 4.57. The smallest absolute Gasteiger partial charge is 0.271 e. The van der Waals surface area contributed by atoms with Crippen molar-refractivity contribution in [2.24, 2.45) is 0 Å². The molecule has 0 aliphatic carbocycles. The summed E-state index contributed by atoms with van der Waals surface area (Å²) in [6.07, 6.45) is 0. The first kappa shape index (κ1) is 24.1. The Labute approximate surface area is 193 Å². The van der Waals surface area contributed by atoms with Crippen LogP contribution in [0.15, 0.2) is 71.6 Å². The van der Waals surface area contributed by atoms with Gasteiger partial charge < -0.3 is 5.32 Å². The third-order valence-corrected chi connectivity index (χ3v) is 6.97. The maximum Gasteiger partial charge on any atom is 0.271 e. The molecule has 0 aliphatic heterocycles. The molecule has 0 saturated heterocycles. The summed E-state index contributed by atoms with van der Waals surface area (Å²) in [6.45, 7) is 5.03. The Hall–Kier alpha value is -3.56. The number of carbonyl (C=O) groups is 1. The van der Waals surface area contributed by atoms with Crippen LogP contribution >= 0.6 is 0 Å². The molecule has 3 aromatic carbocycles. The van der Waals surface area contributed by atoms with Crippen molar-refractivity contribution in [2.45, 2.75) is 32.2 Å². The van der Waals surface area contributed by atoms with Crippen LogP contribution in [0.5, 0.6) is 0 Å². The molecule has 172 valence electrons. The molecule has 33 heavy (non-hydrogen) atoms. The Bertz CT molecular complexity index is 1270. The van der Waals surface area contributed by atoms with Gasteiger partial charge in [0.2, 0.25) is 15.9 Å². The number of carbonyl (C=O) groups excluding carboxylic acids is 1. The number of nitrogens with zero attached hydrogens (tertiary/aromatic N) is 2. The average molecular weight is 468 g/mol. The van der Waals surface area contributed by atoms with E-state index in [1.807, 2.05) is 38.1 Å². The third kappa shape index (κ3) is 6.03. The van der Waals surface area contributed by atoms with Gasteiger partial charge in [0.15, 0.2) is 0 Å². The molecule has 3 aromatic rings. The van der Waals surface area contributed by atoms with E-state index in [2.05, 4.69) is 5.32 Å². The number of anilines is 1. The molecule has 0 aliphatic rings. The van der Waals surface area contributed by atoms with Crippen LogP contribution in [0.4, 0.5) is 11.4 Å². The first-order valence-corrected chi connectivity index (χ1v) is 11.7. The van der Waals surface area contributed by atoms with Gasteiger partial charge in [-0.1, -0.05) is 53.6 Å². The fraction of sp³-hybridized carbons (Fsp3) is 0.208. The summed E-state index contributed by atoms with van der Waals surface area (Å²) in [5, 5.41) is 13.7. The Kier molecular flexibility index (Phi) is 7.25. The predicted molar refractivity (Wildman–Crippen MR) is 126 cm³/mol. The van der Waals surface area contributed by atoms with Crippen molar-refractivity contribution >= 4 is 27.3 Å². The molecular formula is C24H25N3O5S. The van der Waals surface area contributed by atoms with E-state index in [4.69, 9.17) is 0 Å². The maximum atomic E-state index is 13.4. The first-order chi connectivity index (χ1) is 15.6. The second-order valence-corrected chi connectivity index (χ2v) is 9.81. The van der Waals surface area contributed by atoms with E-state index in [-0.39, 0.29) is 22.8 Å². The molecule has 1 amide bonds. The van der Waals surface area contributed by atoms with Gasteiger partial charge >= 0.3 is 0 Å². The number of nitro groups is 1. The van der Waals surface area contributed by atoms with Crippen molar-refractivity contribution in [3.8, 4) is 0 Å². The maximum absolute atomic E-state index is 13.4. The minimum absolute atomic E-state index is 0.00215. The highest BCUT2D eigenvalue weighted by Gasteiger charge is 2.27. The Balaban J connectivity index is 1.90. The van der Waals surface area contributed by atoms with Gasteiger partial charge in [-0.15, -0.1) is 0 Å². The minimum atomic E-state index is -3.98. The van der Waals surface area contributed by atoms with E-state index in [1.54, 1.807) is 19.1 Å². The number of non-ortho nitro benzene ring substituents is 1. The molecular weight excluding hydrogens is 442 g/mol. The lowest BCUT2D eigenvalue weighted by atomic mass is 10.1. The van der Waals surface area contributed by atoms with Gasteiger partial charge in [-0.2, -0.15) is 4.31 Å². The lowest BCUT2D eigenvalue weighted by molar-refractivity contribution is -0.384. The van der Waals surface area contributed by atoms with E-state index in [0.29, 0.717) is 5.56 Å². The second kappa shape index (κ2) is 9.93. The molecule has 0 aromatic heterocycles. The van der Waals surface area contributed by atoms with Crippen LogP contribution in [0.2, 0.25) is 0 Å². The van der Waals surface area contributed by atoms with Crippen LogP contribution in [0.3, 0.4) is 0 Å². The van der Waals surface area contributed by atoms with Crippen LogP contribution < -0.4 is 5.32 Å². The molecule has 0 spiro atoms. The van der Waals surface area contributed by atoms with Gasteiger partial charge in [-0.3, -0.25) is 14.9 Å². The van der Waals surface area contributed by atoms with Crippen molar-refractivity contribution < 1.29 is 18.1 Å². The quantitative estimate of drug-likeness (QED) is 0.391. The molecule has 0 fully saturated rings. The van der Waals surface area contributed by atoms with Crippen molar-refractivity contribution in [3.05, 3.63) is 99.1 Å². The Morgan fingerprint density at radius 2 is 1.52 bits per heavy atom. The highest BCUT2D eigenvalue weighted by atomic mass is 32.2. The van der Waals surface area contributed by atoms with Gasteiger partial charge in [-0.25, -0.2) is 8.42 Å². The standard InChI is InChI=1S/C24H25N3O5S/c1-17-4-9-20(10-5-17)15-26(33(31,32)22-12-6-18(2)7-13-22)16-24(28)25-23-14-21(27(29)30)11-8-19(23)3/h4-14H,15-16H2,1-3H3,(H,25,28). The minimum Gasteiger partial charge on any atom is -0.324 e. The molecule has 0 saturated carbocycles. The Morgan fingerprint density at radius 3 is 2.09 bits per heavy atom. The van der Waals surface area contributed by atoms with Gasteiger partial charge in [0.25, 0.3) is 5.69 Å². The molecule has 0 atom stereocenters. The lowest BCUT2D eigenvalue weighted by Crippen LogP contribution is -2.37. The van der Waals surface area contributed by atoms with Crippen LogP contribution in [-0.2, 0) is 21.4 Å². The molecule has 9 heteroatoms. The van der Waals surface area contributed by atoms with E-state index in [9.17, 15) is 23.3 Å². The van der Waals surface area contributed by atoms with Crippen molar-refractivity contribution in [1.82, 2.24) is 4.31 Å². The van der Waals surface area contributed by atoms with Gasteiger partial charge in [0, 0.05) is 18.7 Å². The number of nitro benzene ring substituents is 1. The van der Waals surface area contributed by atoms with Gasteiger partial charge in [0.05, 0.1) is 22.1 Å². The SMILES string of the molecule is Cc1ccc(CN(CC(=O)Nc2cc([N+](=O)[O-])ccc2C)S(=O)(=O)c2ccc(C)cc2)cc1. The lowest BCUT2D eigenvalue weighted by Gasteiger charge is -2.22. The van der Waals surface area contributed by atoms with Gasteiger partial charge in [0.1, 0.15) is 0 Å². The van der Waals surface area contributed by atoms with Gasteiger partial charge in [-0.05, 0) is 44.0 Å². The number of nitrogens with one attached hydrogen (secondary N) is 1. The average Bonchev–Trinajstić information content (AvgIpc) is 2.76. The molecule has 1 N–H and O–H groups in total. The number of benzene rings is 3. The summed E-state index contributed by atoms with van der Waals surface area (Å²) in [5.41, 5.74) is 3.40. The van der Waals surface area contributed by atoms with Crippen LogP contribution in [0.25, 0.3) is 0 Å². The molecule has 3 rings (SSSR count). The molecule has 0 radical (unpaired) electrons. The highest BCUT2D eigenvalue weighted by molar-refractivity contribution is 7.89. The third-order valence-electron chi connectivity index (χ3n) is 5.16. The largest absolute Gasteiger partial charge is 0.324 e. The van der Waals surface area contributed by atoms with E-state index < -0.39 is 27.4 Å².